The van der Waals surface area contributed by atoms with Crippen molar-refractivity contribution in [1.29, 1.82) is 0 Å². The van der Waals surface area contributed by atoms with Gasteiger partial charge in [-0.25, -0.2) is 9.78 Å². The number of hydrogen-bond acceptors (Lipinski definition) is 5. The van der Waals surface area contributed by atoms with E-state index >= 15 is 0 Å². The average molecular weight is 321 g/mol. The highest BCUT2D eigenvalue weighted by Gasteiger charge is 2.00. The second-order valence-corrected chi connectivity index (χ2v) is 6.40. The Labute approximate surface area is 131 Å². The first-order chi connectivity index (χ1) is 10.1. The van der Waals surface area contributed by atoms with Crippen molar-refractivity contribution in [1.82, 2.24) is 4.98 Å². The third-order valence-corrected chi connectivity index (χ3v) is 4.56. The molecule has 0 amide bonds. The summed E-state index contributed by atoms with van der Waals surface area (Å²) in [4.78, 5) is 14.9. The van der Waals surface area contributed by atoms with E-state index in [4.69, 9.17) is 9.84 Å². The zero-order valence-corrected chi connectivity index (χ0v) is 13.1. The lowest BCUT2D eigenvalue weighted by Gasteiger charge is -2.05. The highest BCUT2D eigenvalue weighted by Crippen LogP contribution is 2.22. The maximum Gasteiger partial charge on any atom is 0.328 e. The molecule has 0 saturated carbocycles. The Morgan fingerprint density at radius 2 is 2.38 bits per heavy atom. The fourth-order valence-corrected chi connectivity index (χ4v) is 3.30. The van der Waals surface area contributed by atoms with Crippen molar-refractivity contribution in [3.05, 3.63) is 47.0 Å². The summed E-state index contributed by atoms with van der Waals surface area (Å²) in [5.74, 6) is 0.595. The molecule has 2 rings (SSSR count). The number of nitrogens with zero attached hydrogens (tertiary/aromatic N) is 1. The first-order valence-electron chi connectivity index (χ1n) is 6.32. The van der Waals surface area contributed by atoms with E-state index in [1.165, 1.54) is 0 Å². The molecule has 0 fully saturated rings. The summed E-state index contributed by atoms with van der Waals surface area (Å²) in [5, 5.41) is 10.6. The Bertz CT molecular complexity index is 637. The first kappa shape index (κ1) is 15.6. The smallest absolute Gasteiger partial charge is 0.328 e. The van der Waals surface area contributed by atoms with Crippen molar-refractivity contribution >= 4 is 35.1 Å². The number of carboxylic acid groups (broad SMARTS) is 1. The normalized spacial score (nSPS) is 10.9. The van der Waals surface area contributed by atoms with Crippen molar-refractivity contribution in [3.63, 3.8) is 0 Å². The molecule has 0 bridgehead atoms. The van der Waals surface area contributed by atoms with Crippen LogP contribution < -0.4 is 4.74 Å². The van der Waals surface area contributed by atoms with E-state index in [1.54, 1.807) is 29.2 Å². The molecule has 0 aliphatic rings. The number of aliphatic carboxylic acids is 1. The second-order valence-electron chi connectivity index (χ2n) is 4.20. The molecule has 0 saturated heterocycles. The number of carbonyl (C=O) groups is 1. The van der Waals surface area contributed by atoms with Crippen LogP contribution in [0.15, 0.2) is 40.1 Å². The predicted octanol–water partition coefficient (Wildman–Crippen LogP) is 3.72. The van der Waals surface area contributed by atoms with Crippen LogP contribution in [0, 0.1) is 6.92 Å². The van der Waals surface area contributed by atoms with E-state index < -0.39 is 5.97 Å². The molecule has 1 aromatic carbocycles. The lowest BCUT2D eigenvalue weighted by molar-refractivity contribution is -0.131. The number of ether oxygens (including phenoxy) is 1. The minimum Gasteiger partial charge on any atom is -0.493 e. The topological polar surface area (TPSA) is 59.4 Å². The van der Waals surface area contributed by atoms with Crippen molar-refractivity contribution in [3.8, 4) is 5.75 Å². The first-order valence-corrected chi connectivity index (χ1v) is 8.19. The highest BCUT2D eigenvalue weighted by molar-refractivity contribution is 8.01. The van der Waals surface area contributed by atoms with Gasteiger partial charge in [-0.1, -0.05) is 23.9 Å². The van der Waals surface area contributed by atoms with Gasteiger partial charge in [-0.05, 0) is 30.7 Å². The summed E-state index contributed by atoms with van der Waals surface area (Å²) in [6.07, 6.45) is 2.65. The largest absolute Gasteiger partial charge is 0.493 e. The molecule has 0 atom stereocenters. The monoisotopic (exact) mass is 321 g/mol. The van der Waals surface area contributed by atoms with Crippen LogP contribution in [-0.2, 0) is 4.79 Å². The molecular formula is C15H15NO3S2. The standard InChI is InChI=1S/C15H15NO3S2/c1-11-10-21-15(16-11)20-8-7-19-13-4-2-3-12(9-13)5-6-14(17)18/h2-6,9-10H,7-8H2,1H3,(H,17,18). The van der Waals surface area contributed by atoms with Gasteiger partial charge in [0.25, 0.3) is 0 Å². The van der Waals surface area contributed by atoms with Gasteiger partial charge >= 0.3 is 5.97 Å². The second kappa shape index (κ2) is 7.85. The van der Waals surface area contributed by atoms with Crippen LogP contribution >= 0.6 is 23.1 Å². The Kier molecular flexibility index (Phi) is 5.83. The van der Waals surface area contributed by atoms with Crippen molar-refractivity contribution in [2.75, 3.05) is 12.4 Å². The molecule has 0 radical (unpaired) electrons. The molecule has 1 aromatic heterocycles. The fraction of sp³-hybridized carbons (Fsp3) is 0.200. The molecule has 0 unspecified atom stereocenters. The molecule has 1 N–H and O–H groups in total. The van der Waals surface area contributed by atoms with Crippen molar-refractivity contribution < 1.29 is 14.6 Å². The molecule has 0 spiro atoms. The van der Waals surface area contributed by atoms with Crippen LogP contribution in [0.25, 0.3) is 6.08 Å². The van der Waals surface area contributed by atoms with Gasteiger partial charge in [0.05, 0.1) is 6.61 Å². The van der Waals surface area contributed by atoms with Crippen molar-refractivity contribution in [2.24, 2.45) is 0 Å². The summed E-state index contributed by atoms with van der Waals surface area (Å²) in [7, 11) is 0. The zero-order chi connectivity index (χ0) is 15.1. The van der Waals surface area contributed by atoms with E-state index in [1.807, 2.05) is 36.6 Å². The number of thioether (sulfide) groups is 1. The average Bonchev–Trinajstić information content (AvgIpc) is 2.87. The quantitative estimate of drug-likeness (QED) is 0.478. The molecule has 21 heavy (non-hydrogen) atoms. The van der Waals surface area contributed by atoms with Gasteiger partial charge in [-0.3, -0.25) is 0 Å². The van der Waals surface area contributed by atoms with Crippen LogP contribution in [0.2, 0.25) is 0 Å². The van der Waals surface area contributed by atoms with E-state index in [2.05, 4.69) is 4.98 Å². The van der Waals surface area contributed by atoms with Gasteiger partial charge < -0.3 is 9.84 Å². The summed E-state index contributed by atoms with van der Waals surface area (Å²) in [5.41, 5.74) is 1.85. The Morgan fingerprint density at radius 3 is 3.10 bits per heavy atom. The molecule has 2 aromatic rings. The molecule has 110 valence electrons. The number of hydrogen-bond donors (Lipinski definition) is 1. The van der Waals surface area contributed by atoms with Gasteiger partial charge in [-0.2, -0.15) is 0 Å². The lowest BCUT2D eigenvalue weighted by atomic mass is 10.2. The maximum absolute atomic E-state index is 10.5. The van der Waals surface area contributed by atoms with Crippen LogP contribution in [-0.4, -0.2) is 28.4 Å². The minimum absolute atomic E-state index is 0.579. The SMILES string of the molecule is Cc1csc(SCCOc2cccc(C=CC(=O)O)c2)n1. The maximum atomic E-state index is 10.5. The Balaban J connectivity index is 1.80. The van der Waals surface area contributed by atoms with Crippen LogP contribution in [0.4, 0.5) is 0 Å². The number of aromatic nitrogens is 1. The third kappa shape index (κ3) is 5.61. The summed E-state index contributed by atoms with van der Waals surface area (Å²) in [6.45, 7) is 2.56. The Hall–Kier alpha value is -1.79. The van der Waals surface area contributed by atoms with Crippen LogP contribution in [0.3, 0.4) is 0 Å². The van der Waals surface area contributed by atoms with E-state index in [0.29, 0.717) is 6.61 Å². The molecular weight excluding hydrogens is 306 g/mol. The minimum atomic E-state index is -0.962. The zero-order valence-electron chi connectivity index (χ0n) is 11.5. The van der Waals surface area contributed by atoms with Crippen LogP contribution in [0.1, 0.15) is 11.3 Å². The summed E-state index contributed by atoms with van der Waals surface area (Å²) in [6, 6.07) is 7.35. The van der Waals surface area contributed by atoms with Gasteiger partial charge in [0, 0.05) is 22.9 Å². The molecule has 4 nitrogen and oxygen atoms in total. The van der Waals surface area contributed by atoms with E-state index in [0.717, 1.165) is 33.2 Å². The Morgan fingerprint density at radius 1 is 1.52 bits per heavy atom. The van der Waals surface area contributed by atoms with Gasteiger partial charge in [0.1, 0.15) is 10.1 Å². The van der Waals surface area contributed by atoms with Crippen molar-refractivity contribution in [2.45, 2.75) is 11.3 Å². The fourth-order valence-electron chi connectivity index (χ4n) is 1.56. The summed E-state index contributed by atoms with van der Waals surface area (Å²) >= 11 is 3.31. The summed E-state index contributed by atoms with van der Waals surface area (Å²) < 4.78 is 6.71. The van der Waals surface area contributed by atoms with E-state index in [-0.39, 0.29) is 0 Å². The number of rotatable bonds is 7. The highest BCUT2D eigenvalue weighted by atomic mass is 32.2. The lowest BCUT2D eigenvalue weighted by Crippen LogP contribution is -2.00. The number of thiazole rings is 1. The van der Waals surface area contributed by atoms with Crippen LogP contribution in [0.5, 0.6) is 5.75 Å². The number of carboxylic acids is 1. The third-order valence-electron chi connectivity index (χ3n) is 2.45. The molecule has 0 aliphatic carbocycles. The van der Waals surface area contributed by atoms with E-state index in [9.17, 15) is 4.79 Å². The number of aryl methyl sites for hydroxylation is 1. The predicted molar refractivity (Wildman–Crippen MR) is 86.2 cm³/mol. The van der Waals surface area contributed by atoms with Gasteiger partial charge in [0.15, 0.2) is 0 Å². The van der Waals surface area contributed by atoms with Gasteiger partial charge in [-0.15, -0.1) is 11.3 Å². The molecule has 0 aliphatic heterocycles. The molecule has 1 heterocycles. The molecule has 6 heteroatoms. The number of benzene rings is 1. The van der Waals surface area contributed by atoms with Gasteiger partial charge in [0.2, 0.25) is 0 Å².